The van der Waals surface area contributed by atoms with E-state index in [-0.39, 0.29) is 30.5 Å². The number of nitrogens with two attached hydrogens (primary N) is 1. The van der Waals surface area contributed by atoms with Gasteiger partial charge >= 0.3 is 6.18 Å². The molecule has 0 atom stereocenters. The van der Waals surface area contributed by atoms with E-state index in [1.807, 2.05) is 0 Å². The van der Waals surface area contributed by atoms with Gasteiger partial charge in [0.2, 0.25) is 0 Å². The second-order valence-corrected chi connectivity index (χ2v) is 3.55. The van der Waals surface area contributed by atoms with Crippen LogP contribution in [0.4, 0.5) is 13.2 Å². The zero-order valence-electron chi connectivity index (χ0n) is 8.12. The van der Waals surface area contributed by atoms with Gasteiger partial charge in [-0.2, -0.15) is 13.2 Å². The summed E-state index contributed by atoms with van der Waals surface area (Å²) < 4.78 is 37.5. The van der Waals surface area contributed by atoms with Crippen LogP contribution >= 0.6 is 24.8 Å². The van der Waals surface area contributed by atoms with Gasteiger partial charge in [-0.25, -0.2) is 0 Å². The Morgan fingerprint density at radius 2 is 1.81 bits per heavy atom. The maximum Gasteiger partial charge on any atom is 0.418 e. The summed E-state index contributed by atoms with van der Waals surface area (Å²) in [5, 5.41) is 0. The number of rotatable bonds is 1. The van der Waals surface area contributed by atoms with Crippen LogP contribution in [-0.4, -0.2) is 4.98 Å². The van der Waals surface area contributed by atoms with Gasteiger partial charge in [-0.3, -0.25) is 4.98 Å². The van der Waals surface area contributed by atoms with E-state index in [9.17, 15) is 13.2 Å². The summed E-state index contributed by atoms with van der Waals surface area (Å²) in [4.78, 5) is 3.73. The van der Waals surface area contributed by atoms with Crippen molar-refractivity contribution in [1.29, 1.82) is 0 Å². The molecule has 0 amide bonds. The molecule has 1 fully saturated rings. The Kier molecular flexibility index (Phi) is 4.62. The van der Waals surface area contributed by atoms with Crippen molar-refractivity contribution < 1.29 is 13.2 Å². The second-order valence-electron chi connectivity index (χ2n) is 3.55. The summed E-state index contributed by atoms with van der Waals surface area (Å²) >= 11 is 0. The SMILES string of the molecule is Cl.Cl.NC1(c2ncccc2C(F)(F)F)CC1. The number of pyridine rings is 1. The highest BCUT2D eigenvalue weighted by atomic mass is 35.5. The second kappa shape index (κ2) is 4.77. The van der Waals surface area contributed by atoms with Gasteiger partial charge < -0.3 is 5.73 Å². The lowest BCUT2D eigenvalue weighted by Crippen LogP contribution is -2.25. The van der Waals surface area contributed by atoms with Crippen LogP contribution in [0.15, 0.2) is 18.3 Å². The molecule has 2 nitrogen and oxygen atoms in total. The molecule has 7 heteroatoms. The van der Waals surface area contributed by atoms with E-state index in [1.165, 1.54) is 12.3 Å². The van der Waals surface area contributed by atoms with Crippen molar-refractivity contribution in [3.8, 4) is 0 Å². The molecule has 0 aromatic carbocycles. The van der Waals surface area contributed by atoms with Gasteiger partial charge in [-0.1, -0.05) is 0 Å². The van der Waals surface area contributed by atoms with Crippen LogP contribution < -0.4 is 5.73 Å². The molecule has 92 valence electrons. The fourth-order valence-corrected chi connectivity index (χ4v) is 1.40. The minimum atomic E-state index is -4.36. The first-order chi connectivity index (χ1) is 6.43. The van der Waals surface area contributed by atoms with Crippen LogP contribution in [0, 0.1) is 0 Å². The van der Waals surface area contributed by atoms with Crippen molar-refractivity contribution in [3.05, 3.63) is 29.6 Å². The summed E-state index contributed by atoms with van der Waals surface area (Å²) in [6.07, 6.45) is -1.86. The fourth-order valence-electron chi connectivity index (χ4n) is 1.40. The zero-order chi connectivity index (χ0) is 10.4. The summed E-state index contributed by atoms with van der Waals surface area (Å²) in [5.41, 5.74) is 4.13. The predicted molar refractivity (Wildman–Crippen MR) is 58.8 cm³/mol. The molecular weight excluding hydrogens is 264 g/mol. The van der Waals surface area contributed by atoms with Crippen molar-refractivity contribution in [3.63, 3.8) is 0 Å². The highest BCUT2D eigenvalue weighted by Gasteiger charge is 2.47. The van der Waals surface area contributed by atoms with E-state index in [4.69, 9.17) is 5.73 Å². The van der Waals surface area contributed by atoms with Crippen molar-refractivity contribution in [1.82, 2.24) is 4.98 Å². The van der Waals surface area contributed by atoms with Gasteiger partial charge in [-0.15, -0.1) is 24.8 Å². The van der Waals surface area contributed by atoms with Gasteiger partial charge in [0.05, 0.1) is 16.8 Å². The third-order valence-electron chi connectivity index (χ3n) is 2.37. The standard InChI is InChI=1S/C9H9F3N2.2ClH/c10-9(11,12)6-2-1-5-14-7(6)8(13)3-4-8;;/h1-2,5H,3-4,13H2;2*1H. The Labute approximate surface area is 103 Å². The molecule has 1 heterocycles. The molecule has 0 unspecified atom stereocenters. The monoisotopic (exact) mass is 274 g/mol. The minimum absolute atomic E-state index is 0. The molecule has 16 heavy (non-hydrogen) atoms. The first-order valence-corrected chi connectivity index (χ1v) is 4.25. The summed E-state index contributed by atoms with van der Waals surface area (Å²) in [6, 6.07) is 2.30. The maximum absolute atomic E-state index is 12.5. The first-order valence-electron chi connectivity index (χ1n) is 4.25. The van der Waals surface area contributed by atoms with Gasteiger partial charge in [0, 0.05) is 6.20 Å². The van der Waals surface area contributed by atoms with Crippen LogP contribution in [0.5, 0.6) is 0 Å². The van der Waals surface area contributed by atoms with E-state index >= 15 is 0 Å². The third kappa shape index (κ3) is 2.78. The normalized spacial score (nSPS) is 17.0. The van der Waals surface area contributed by atoms with Crippen LogP contribution in [0.1, 0.15) is 24.1 Å². The van der Waals surface area contributed by atoms with E-state index in [2.05, 4.69) is 4.98 Å². The Morgan fingerprint density at radius 1 is 1.25 bits per heavy atom. The van der Waals surface area contributed by atoms with Crippen LogP contribution in [0.3, 0.4) is 0 Å². The molecule has 1 aliphatic rings. The molecule has 0 saturated heterocycles. The Bertz CT molecular complexity index is 340. The summed E-state index contributed by atoms with van der Waals surface area (Å²) in [7, 11) is 0. The number of aromatic nitrogens is 1. The van der Waals surface area contributed by atoms with Crippen molar-refractivity contribution in [2.24, 2.45) is 5.73 Å². The van der Waals surface area contributed by atoms with Crippen molar-refractivity contribution in [2.45, 2.75) is 24.6 Å². The molecule has 1 saturated carbocycles. The summed E-state index contributed by atoms with van der Waals surface area (Å²) in [5.74, 6) is 0. The molecule has 0 aliphatic heterocycles. The van der Waals surface area contributed by atoms with E-state index < -0.39 is 17.3 Å². The molecule has 2 N–H and O–H groups in total. The zero-order valence-corrected chi connectivity index (χ0v) is 9.75. The van der Waals surface area contributed by atoms with E-state index in [0.29, 0.717) is 12.8 Å². The predicted octanol–water partition coefficient (Wildman–Crippen LogP) is 2.89. The Balaban J connectivity index is 0.00000112. The Hall–Kier alpha value is -0.520. The first kappa shape index (κ1) is 15.5. The minimum Gasteiger partial charge on any atom is -0.320 e. The quantitative estimate of drug-likeness (QED) is 0.855. The van der Waals surface area contributed by atoms with Crippen LogP contribution in [0.2, 0.25) is 0 Å². The molecule has 1 aromatic heterocycles. The number of nitrogens with zero attached hydrogens (tertiary/aromatic N) is 1. The van der Waals surface area contributed by atoms with Crippen LogP contribution in [-0.2, 0) is 11.7 Å². The van der Waals surface area contributed by atoms with E-state index in [1.54, 1.807) is 0 Å². The smallest absolute Gasteiger partial charge is 0.320 e. The van der Waals surface area contributed by atoms with Gasteiger partial charge in [0.25, 0.3) is 0 Å². The lowest BCUT2D eigenvalue weighted by Gasteiger charge is -2.15. The average Bonchev–Trinajstić information content (AvgIpc) is 2.84. The molecule has 0 spiro atoms. The molecule has 0 bridgehead atoms. The van der Waals surface area contributed by atoms with Gasteiger partial charge in [0.1, 0.15) is 0 Å². The van der Waals surface area contributed by atoms with Crippen molar-refractivity contribution >= 4 is 24.8 Å². The number of alkyl halides is 3. The highest BCUT2D eigenvalue weighted by Crippen LogP contribution is 2.46. The summed E-state index contributed by atoms with van der Waals surface area (Å²) in [6.45, 7) is 0. The van der Waals surface area contributed by atoms with Gasteiger partial charge in [-0.05, 0) is 25.0 Å². The van der Waals surface area contributed by atoms with Gasteiger partial charge in [0.15, 0.2) is 0 Å². The number of hydrogen-bond acceptors (Lipinski definition) is 2. The fraction of sp³-hybridized carbons (Fsp3) is 0.444. The average molecular weight is 275 g/mol. The maximum atomic E-state index is 12.5. The number of halogens is 5. The molecule has 2 rings (SSSR count). The molecule has 1 aromatic rings. The lowest BCUT2D eigenvalue weighted by atomic mass is 10.1. The van der Waals surface area contributed by atoms with Crippen molar-refractivity contribution in [2.75, 3.05) is 0 Å². The number of hydrogen-bond donors (Lipinski definition) is 1. The lowest BCUT2D eigenvalue weighted by molar-refractivity contribution is -0.138. The molecule has 1 aliphatic carbocycles. The molecular formula is C9H11Cl2F3N2. The highest BCUT2D eigenvalue weighted by molar-refractivity contribution is 5.85. The largest absolute Gasteiger partial charge is 0.418 e. The van der Waals surface area contributed by atoms with Crippen LogP contribution in [0.25, 0.3) is 0 Å². The van der Waals surface area contributed by atoms with E-state index in [0.717, 1.165) is 6.07 Å². The molecule has 0 radical (unpaired) electrons. The third-order valence-corrected chi connectivity index (χ3v) is 2.37. The Morgan fingerprint density at radius 3 is 2.25 bits per heavy atom. The topological polar surface area (TPSA) is 38.9 Å².